The number of hydrogen-bond donors (Lipinski definition) is 0. The summed E-state index contributed by atoms with van der Waals surface area (Å²) in [6.07, 6.45) is 0. The van der Waals surface area contributed by atoms with Crippen molar-refractivity contribution in [2.75, 3.05) is 0 Å². The van der Waals surface area contributed by atoms with Gasteiger partial charge < -0.3 is 0 Å². The van der Waals surface area contributed by atoms with Crippen LogP contribution in [-0.2, 0) is 0 Å². The Labute approximate surface area is 222 Å². The number of aromatic nitrogens is 3. The average Bonchev–Trinajstić information content (AvgIpc) is 2.97. The topological polar surface area (TPSA) is 38.7 Å². The third kappa shape index (κ3) is 3.69. The molecule has 0 spiro atoms. The molecule has 0 atom stereocenters. The number of rotatable bonds is 3. The van der Waals surface area contributed by atoms with Crippen LogP contribution in [0.2, 0.25) is 0 Å². The number of fused-ring (bicyclic) bond motifs is 5. The van der Waals surface area contributed by atoms with E-state index < -0.39 is 0 Å². The minimum atomic E-state index is 0.835. The Kier molecular flexibility index (Phi) is 5.26. The van der Waals surface area contributed by atoms with Crippen molar-refractivity contribution >= 4 is 48.6 Å². The van der Waals surface area contributed by atoms with E-state index in [-0.39, 0.29) is 0 Å². The van der Waals surface area contributed by atoms with Gasteiger partial charge in [-0.15, -0.1) is 0 Å². The van der Waals surface area contributed by atoms with Crippen LogP contribution in [0.5, 0.6) is 0 Å². The second-order valence-corrected chi connectivity index (χ2v) is 9.83. The van der Waals surface area contributed by atoms with Gasteiger partial charge in [-0.25, -0.2) is 15.0 Å². The van der Waals surface area contributed by atoms with Crippen molar-refractivity contribution < 1.29 is 0 Å². The fraction of sp³-hybridized carbons (Fsp3) is 0. The van der Waals surface area contributed by atoms with E-state index in [1.54, 1.807) is 0 Å². The van der Waals surface area contributed by atoms with Gasteiger partial charge in [-0.3, -0.25) is 0 Å². The predicted molar refractivity (Wildman–Crippen MR) is 156 cm³/mol. The summed E-state index contributed by atoms with van der Waals surface area (Å²) in [4.78, 5) is 15.7. The van der Waals surface area contributed by atoms with Gasteiger partial charge in [0.2, 0.25) is 0 Å². The number of para-hydroxylation sites is 1. The number of halogens is 1. The zero-order valence-corrected chi connectivity index (χ0v) is 21.4. The standard InChI is InChI=1S/C33H20BrN3/c34-26-20-25-28(24-18-10-11-19-27(24)35-29(25)21-12-4-1-5-13-21)33-32(26)36-30(22-14-6-2-7-15-22)31(37-33)23-16-8-3-9-17-23/h1-20H. The van der Waals surface area contributed by atoms with Crippen LogP contribution in [0.3, 0.4) is 0 Å². The summed E-state index contributed by atoms with van der Waals surface area (Å²) in [7, 11) is 0. The van der Waals surface area contributed by atoms with Gasteiger partial charge in [-0.2, -0.15) is 0 Å². The Morgan fingerprint density at radius 2 is 0.919 bits per heavy atom. The highest BCUT2D eigenvalue weighted by molar-refractivity contribution is 9.10. The van der Waals surface area contributed by atoms with Crippen molar-refractivity contribution in [3.05, 3.63) is 126 Å². The van der Waals surface area contributed by atoms with Crippen molar-refractivity contribution in [1.82, 2.24) is 15.0 Å². The molecule has 3 nitrogen and oxygen atoms in total. The summed E-state index contributed by atoms with van der Waals surface area (Å²) in [6, 6.07) is 41.3. The van der Waals surface area contributed by atoms with Crippen LogP contribution in [-0.4, -0.2) is 15.0 Å². The van der Waals surface area contributed by atoms with Crippen LogP contribution >= 0.6 is 15.9 Å². The highest BCUT2D eigenvalue weighted by atomic mass is 79.9. The molecule has 174 valence electrons. The molecule has 0 saturated heterocycles. The lowest BCUT2D eigenvalue weighted by Crippen LogP contribution is -1.98. The van der Waals surface area contributed by atoms with Crippen molar-refractivity contribution in [3.8, 4) is 33.8 Å². The van der Waals surface area contributed by atoms with Gasteiger partial charge in [0, 0.05) is 37.3 Å². The Balaban J connectivity index is 1.68. The van der Waals surface area contributed by atoms with Gasteiger partial charge in [-0.05, 0) is 28.1 Å². The van der Waals surface area contributed by atoms with Crippen LogP contribution in [0.15, 0.2) is 126 Å². The fourth-order valence-electron chi connectivity index (χ4n) is 5.00. The minimum absolute atomic E-state index is 0.835. The van der Waals surface area contributed by atoms with E-state index in [0.717, 1.165) is 71.0 Å². The lowest BCUT2D eigenvalue weighted by atomic mass is 9.97. The molecule has 0 bridgehead atoms. The van der Waals surface area contributed by atoms with E-state index in [1.165, 1.54) is 0 Å². The smallest absolute Gasteiger partial charge is 0.104 e. The number of pyridine rings is 1. The SMILES string of the molecule is Brc1cc2c(-c3ccccc3)nc3ccccc3c2c2nc(-c3ccccc3)c(-c3ccccc3)nc12. The summed E-state index contributed by atoms with van der Waals surface area (Å²) in [5, 5.41) is 3.17. The van der Waals surface area contributed by atoms with E-state index >= 15 is 0 Å². The molecule has 2 aromatic heterocycles. The number of nitrogens with zero attached hydrogens (tertiary/aromatic N) is 3. The lowest BCUT2D eigenvalue weighted by Gasteiger charge is -2.16. The van der Waals surface area contributed by atoms with Gasteiger partial charge in [0.05, 0.1) is 28.1 Å². The van der Waals surface area contributed by atoms with Crippen LogP contribution in [0.1, 0.15) is 0 Å². The number of hydrogen-bond acceptors (Lipinski definition) is 3. The molecule has 0 unspecified atom stereocenters. The van der Waals surface area contributed by atoms with Crippen molar-refractivity contribution in [2.45, 2.75) is 0 Å². The van der Waals surface area contributed by atoms with E-state index in [2.05, 4.69) is 76.6 Å². The zero-order valence-electron chi connectivity index (χ0n) is 19.8. The summed E-state index contributed by atoms with van der Waals surface area (Å²) in [6.45, 7) is 0. The molecule has 7 aromatic rings. The highest BCUT2D eigenvalue weighted by Crippen LogP contribution is 2.41. The second-order valence-electron chi connectivity index (χ2n) is 8.97. The number of benzene rings is 5. The summed E-state index contributed by atoms with van der Waals surface area (Å²) >= 11 is 3.85. The van der Waals surface area contributed by atoms with Crippen LogP contribution in [0.4, 0.5) is 0 Å². The quantitative estimate of drug-likeness (QED) is 0.211. The minimum Gasteiger partial charge on any atom is -0.247 e. The van der Waals surface area contributed by atoms with Gasteiger partial charge >= 0.3 is 0 Å². The molecule has 0 aliphatic carbocycles. The maximum absolute atomic E-state index is 5.38. The zero-order chi connectivity index (χ0) is 24.8. The molecule has 4 heteroatoms. The molecule has 0 aliphatic heterocycles. The van der Waals surface area contributed by atoms with Crippen molar-refractivity contribution in [2.24, 2.45) is 0 Å². The molecule has 0 fully saturated rings. The molecule has 0 radical (unpaired) electrons. The second kappa shape index (κ2) is 8.91. The molecule has 0 saturated carbocycles. The van der Waals surface area contributed by atoms with Crippen molar-refractivity contribution in [3.63, 3.8) is 0 Å². The first kappa shape index (κ1) is 21.8. The van der Waals surface area contributed by atoms with Crippen LogP contribution in [0, 0.1) is 0 Å². The predicted octanol–water partition coefficient (Wildman–Crippen LogP) is 9.09. The molecule has 0 aliphatic rings. The molecular formula is C33H20BrN3. The molecular weight excluding hydrogens is 518 g/mol. The Hall–Kier alpha value is -4.41. The fourth-order valence-corrected chi connectivity index (χ4v) is 5.51. The first-order valence-electron chi connectivity index (χ1n) is 12.2. The third-order valence-electron chi connectivity index (χ3n) is 6.70. The Morgan fingerprint density at radius 1 is 0.432 bits per heavy atom. The summed E-state index contributed by atoms with van der Waals surface area (Å²) in [5.74, 6) is 0. The summed E-state index contributed by atoms with van der Waals surface area (Å²) in [5.41, 5.74) is 8.43. The van der Waals surface area contributed by atoms with Gasteiger partial charge in [-0.1, -0.05) is 109 Å². The van der Waals surface area contributed by atoms with E-state index in [0.29, 0.717) is 0 Å². The largest absolute Gasteiger partial charge is 0.247 e. The Morgan fingerprint density at radius 3 is 1.51 bits per heavy atom. The highest BCUT2D eigenvalue weighted by Gasteiger charge is 2.20. The Bertz CT molecular complexity index is 1920. The maximum Gasteiger partial charge on any atom is 0.104 e. The monoisotopic (exact) mass is 537 g/mol. The molecule has 2 heterocycles. The molecule has 37 heavy (non-hydrogen) atoms. The summed E-state index contributed by atoms with van der Waals surface area (Å²) < 4.78 is 0.897. The average molecular weight is 538 g/mol. The first-order chi connectivity index (χ1) is 18.3. The van der Waals surface area contributed by atoms with Gasteiger partial charge in [0.15, 0.2) is 0 Å². The first-order valence-corrected chi connectivity index (χ1v) is 13.0. The van der Waals surface area contributed by atoms with Crippen LogP contribution < -0.4 is 0 Å². The van der Waals surface area contributed by atoms with E-state index in [4.69, 9.17) is 15.0 Å². The molecule has 0 N–H and O–H groups in total. The molecule has 7 rings (SSSR count). The van der Waals surface area contributed by atoms with Gasteiger partial charge in [0.25, 0.3) is 0 Å². The van der Waals surface area contributed by atoms with Crippen molar-refractivity contribution in [1.29, 1.82) is 0 Å². The normalized spacial score (nSPS) is 11.4. The van der Waals surface area contributed by atoms with E-state index in [1.807, 2.05) is 60.7 Å². The third-order valence-corrected chi connectivity index (χ3v) is 7.31. The lowest BCUT2D eigenvalue weighted by molar-refractivity contribution is 1.29. The van der Waals surface area contributed by atoms with Crippen LogP contribution in [0.25, 0.3) is 66.5 Å². The van der Waals surface area contributed by atoms with Gasteiger partial charge in [0.1, 0.15) is 5.52 Å². The maximum atomic E-state index is 5.38. The molecule has 5 aromatic carbocycles. The van der Waals surface area contributed by atoms with E-state index in [9.17, 15) is 0 Å². The molecule has 0 amide bonds.